The van der Waals surface area contributed by atoms with Gasteiger partial charge in [0.25, 0.3) is 0 Å². The second-order valence-corrected chi connectivity index (χ2v) is 11.2. The third kappa shape index (κ3) is 3.87. The van der Waals surface area contributed by atoms with Gasteiger partial charge in [0.15, 0.2) is 0 Å². The Balaban J connectivity index is 1.32. The lowest BCUT2D eigenvalue weighted by atomic mass is 10.2. The van der Waals surface area contributed by atoms with Crippen LogP contribution in [0.4, 0.5) is 0 Å². The largest absolute Gasteiger partial charge is 0.245 e. The molecular formula is C26H16N2S4. The van der Waals surface area contributed by atoms with Gasteiger partial charge in [0.2, 0.25) is 0 Å². The summed E-state index contributed by atoms with van der Waals surface area (Å²) < 4.78 is 0. The molecule has 6 aromatic rings. The summed E-state index contributed by atoms with van der Waals surface area (Å²) in [5, 5.41) is 4.23. The Bertz CT molecular complexity index is 1360. The molecule has 0 saturated heterocycles. The smallest absolute Gasteiger partial charge is 0.0894 e. The quantitative estimate of drug-likeness (QED) is 0.244. The molecule has 0 amide bonds. The van der Waals surface area contributed by atoms with Crippen LogP contribution >= 0.6 is 45.3 Å². The van der Waals surface area contributed by atoms with Crippen molar-refractivity contribution in [3.05, 3.63) is 95.7 Å². The van der Waals surface area contributed by atoms with Crippen LogP contribution < -0.4 is 0 Å². The number of hydrogen-bond donors (Lipinski definition) is 0. The van der Waals surface area contributed by atoms with E-state index in [0.29, 0.717) is 0 Å². The zero-order valence-electron chi connectivity index (χ0n) is 16.8. The minimum atomic E-state index is 0.894. The molecule has 6 heterocycles. The average molecular weight is 485 g/mol. The van der Waals surface area contributed by atoms with E-state index in [9.17, 15) is 0 Å². The summed E-state index contributed by atoms with van der Waals surface area (Å²) in [7, 11) is 0. The number of pyridine rings is 2. The Morgan fingerprint density at radius 1 is 0.375 bits per heavy atom. The first-order valence-electron chi connectivity index (χ1n) is 10.1. The molecule has 2 nitrogen and oxygen atoms in total. The molecule has 6 heteroatoms. The first-order chi connectivity index (χ1) is 15.8. The van der Waals surface area contributed by atoms with Gasteiger partial charge < -0.3 is 0 Å². The minimum Gasteiger partial charge on any atom is -0.245 e. The number of aromatic nitrogens is 2. The molecule has 0 aliphatic rings. The van der Waals surface area contributed by atoms with Gasteiger partial charge in [-0.1, -0.05) is 24.3 Å². The fourth-order valence-electron chi connectivity index (χ4n) is 3.48. The van der Waals surface area contributed by atoms with Crippen molar-refractivity contribution in [1.82, 2.24) is 9.97 Å². The molecular weight excluding hydrogens is 469 g/mol. The minimum absolute atomic E-state index is 0.894. The van der Waals surface area contributed by atoms with E-state index in [-0.39, 0.29) is 0 Å². The lowest BCUT2D eigenvalue weighted by Crippen LogP contribution is -1.90. The number of nitrogens with zero attached hydrogens (tertiary/aromatic N) is 2. The molecule has 0 radical (unpaired) electrons. The molecule has 6 rings (SSSR count). The van der Waals surface area contributed by atoms with Crippen molar-refractivity contribution >= 4 is 45.3 Å². The third-order valence-corrected chi connectivity index (χ3v) is 9.35. The summed E-state index contributed by atoms with van der Waals surface area (Å²) in [4.78, 5) is 17.4. The van der Waals surface area contributed by atoms with Gasteiger partial charge in [-0.3, -0.25) is 0 Å². The van der Waals surface area contributed by atoms with E-state index >= 15 is 0 Å². The number of hydrogen-bond acceptors (Lipinski definition) is 6. The van der Waals surface area contributed by atoms with E-state index < -0.39 is 0 Å². The predicted molar refractivity (Wildman–Crippen MR) is 141 cm³/mol. The molecule has 0 saturated carbocycles. The second-order valence-electron chi connectivity index (χ2n) is 7.10. The van der Waals surface area contributed by atoms with Crippen molar-refractivity contribution < 1.29 is 0 Å². The fraction of sp³-hybridized carbons (Fsp3) is 0. The van der Waals surface area contributed by atoms with Gasteiger partial charge in [-0.05, 0) is 71.4 Å². The summed E-state index contributed by atoms with van der Waals surface area (Å²) in [5.41, 5.74) is 3.76. The average Bonchev–Trinajstić information content (AvgIpc) is 3.66. The maximum absolute atomic E-state index is 4.94. The van der Waals surface area contributed by atoms with Crippen molar-refractivity contribution in [1.29, 1.82) is 0 Å². The highest BCUT2D eigenvalue weighted by atomic mass is 32.1. The monoisotopic (exact) mass is 484 g/mol. The third-order valence-electron chi connectivity index (χ3n) is 5.01. The Hall–Kier alpha value is -2.90. The van der Waals surface area contributed by atoms with Crippen LogP contribution in [0.25, 0.3) is 52.0 Å². The van der Waals surface area contributed by atoms with Gasteiger partial charge >= 0.3 is 0 Å². The molecule has 0 atom stereocenters. The summed E-state index contributed by atoms with van der Waals surface area (Å²) in [5.74, 6) is 0. The summed E-state index contributed by atoms with van der Waals surface area (Å²) in [6.45, 7) is 0. The van der Waals surface area contributed by atoms with Gasteiger partial charge in [0, 0.05) is 19.5 Å². The van der Waals surface area contributed by atoms with E-state index in [0.717, 1.165) is 22.8 Å². The standard InChI is InChI=1S/C26H16N2S4/c1-5-17(27-19(7-1)21-11-13-25(31-21)23-9-3-15-29-23)18-6-2-8-20(28-18)22-12-14-26(32-22)24-10-4-16-30-24/h1-16H. The second kappa shape index (κ2) is 8.56. The maximum atomic E-state index is 4.94. The fourth-order valence-corrected chi connectivity index (χ4v) is 7.10. The Kier molecular flexibility index (Phi) is 5.29. The van der Waals surface area contributed by atoms with E-state index in [1.807, 2.05) is 12.1 Å². The Morgan fingerprint density at radius 3 is 1.25 bits per heavy atom. The Labute approximate surface area is 202 Å². The lowest BCUT2D eigenvalue weighted by Gasteiger charge is -2.05. The van der Waals surface area contributed by atoms with E-state index in [2.05, 4.69) is 83.6 Å². The van der Waals surface area contributed by atoms with Crippen LogP contribution in [0.15, 0.2) is 95.7 Å². The molecule has 0 N–H and O–H groups in total. The first-order valence-corrected chi connectivity index (χ1v) is 13.5. The summed E-state index contributed by atoms with van der Waals surface area (Å²) in [6.07, 6.45) is 0. The summed E-state index contributed by atoms with van der Waals surface area (Å²) in [6, 6.07) is 29.5. The Morgan fingerprint density at radius 2 is 0.812 bits per heavy atom. The topological polar surface area (TPSA) is 25.8 Å². The van der Waals surface area contributed by atoms with Gasteiger partial charge in [0.05, 0.1) is 32.5 Å². The van der Waals surface area contributed by atoms with E-state index in [1.54, 1.807) is 45.3 Å². The van der Waals surface area contributed by atoms with Crippen LogP contribution in [0.3, 0.4) is 0 Å². The SMILES string of the molecule is c1cc(-c2cccc(-c3ccc(-c4cccs4)s3)n2)nc(-c2ccc(-c3cccs3)s2)c1. The molecule has 6 aromatic heterocycles. The van der Waals surface area contributed by atoms with Crippen LogP contribution in [0, 0.1) is 0 Å². The maximum Gasteiger partial charge on any atom is 0.0894 e. The molecule has 0 fully saturated rings. The zero-order chi connectivity index (χ0) is 21.3. The van der Waals surface area contributed by atoms with Crippen LogP contribution in [0.5, 0.6) is 0 Å². The number of thiophene rings is 4. The van der Waals surface area contributed by atoms with Gasteiger partial charge in [-0.15, -0.1) is 45.3 Å². The first kappa shape index (κ1) is 19.8. The molecule has 0 aliphatic carbocycles. The van der Waals surface area contributed by atoms with E-state index in [4.69, 9.17) is 9.97 Å². The number of rotatable bonds is 5. The zero-order valence-corrected chi connectivity index (χ0v) is 20.0. The van der Waals surface area contributed by atoms with Gasteiger partial charge in [0.1, 0.15) is 0 Å². The summed E-state index contributed by atoms with van der Waals surface area (Å²) >= 11 is 7.09. The van der Waals surface area contributed by atoms with Crippen molar-refractivity contribution in [2.45, 2.75) is 0 Å². The molecule has 0 bridgehead atoms. The molecule has 0 aromatic carbocycles. The lowest BCUT2D eigenvalue weighted by molar-refractivity contribution is 1.26. The molecule has 32 heavy (non-hydrogen) atoms. The molecule has 0 unspecified atom stereocenters. The highest BCUT2D eigenvalue weighted by Gasteiger charge is 2.11. The normalized spacial score (nSPS) is 11.1. The van der Waals surface area contributed by atoms with Crippen molar-refractivity contribution in [3.63, 3.8) is 0 Å². The van der Waals surface area contributed by atoms with Crippen LogP contribution in [0.2, 0.25) is 0 Å². The van der Waals surface area contributed by atoms with Gasteiger partial charge in [-0.25, -0.2) is 9.97 Å². The van der Waals surface area contributed by atoms with Crippen molar-refractivity contribution in [2.75, 3.05) is 0 Å². The van der Waals surface area contributed by atoms with E-state index in [1.165, 1.54) is 29.3 Å². The molecule has 0 aliphatic heterocycles. The highest BCUT2D eigenvalue weighted by molar-refractivity contribution is 7.23. The highest BCUT2D eigenvalue weighted by Crippen LogP contribution is 2.38. The van der Waals surface area contributed by atoms with Crippen LogP contribution in [-0.4, -0.2) is 9.97 Å². The van der Waals surface area contributed by atoms with Gasteiger partial charge in [-0.2, -0.15) is 0 Å². The molecule has 0 spiro atoms. The van der Waals surface area contributed by atoms with Crippen molar-refractivity contribution in [2.24, 2.45) is 0 Å². The van der Waals surface area contributed by atoms with Crippen LogP contribution in [-0.2, 0) is 0 Å². The van der Waals surface area contributed by atoms with Crippen molar-refractivity contribution in [3.8, 4) is 52.0 Å². The molecule has 154 valence electrons. The van der Waals surface area contributed by atoms with Crippen LogP contribution in [0.1, 0.15) is 0 Å². The predicted octanol–water partition coefficient (Wildman–Crippen LogP) is 9.06.